The molecule has 0 saturated carbocycles. The first-order valence-electron chi connectivity index (χ1n) is 5.64. The smallest absolute Gasteiger partial charge is 0.335 e. The Hall–Kier alpha value is -2.62. The third kappa shape index (κ3) is 2.63. The molecule has 0 aliphatic carbocycles. The average molecular weight is 256 g/mol. The van der Waals surface area contributed by atoms with Crippen LogP contribution < -0.4 is 4.74 Å². The Kier molecular flexibility index (Phi) is 3.61. The molecule has 0 fully saturated rings. The van der Waals surface area contributed by atoms with Crippen molar-refractivity contribution in [1.82, 2.24) is 0 Å². The first-order valence-corrected chi connectivity index (χ1v) is 5.64. The SMILES string of the molecule is COc1ccccc1C(=O)c1cccc(C(=O)O)c1. The molecule has 0 atom stereocenters. The second-order valence-electron chi connectivity index (χ2n) is 3.92. The Labute approximate surface area is 110 Å². The van der Waals surface area contributed by atoms with Crippen molar-refractivity contribution in [2.75, 3.05) is 7.11 Å². The third-order valence-electron chi connectivity index (χ3n) is 2.72. The Bertz CT molecular complexity index is 632. The highest BCUT2D eigenvalue weighted by Crippen LogP contribution is 2.21. The van der Waals surface area contributed by atoms with Crippen LogP contribution in [-0.2, 0) is 0 Å². The van der Waals surface area contributed by atoms with Crippen molar-refractivity contribution in [3.05, 3.63) is 65.2 Å². The van der Waals surface area contributed by atoms with Crippen molar-refractivity contribution in [1.29, 1.82) is 0 Å². The number of methoxy groups -OCH3 is 1. The van der Waals surface area contributed by atoms with E-state index < -0.39 is 5.97 Å². The minimum Gasteiger partial charge on any atom is -0.496 e. The van der Waals surface area contributed by atoms with Gasteiger partial charge < -0.3 is 9.84 Å². The molecule has 4 nitrogen and oxygen atoms in total. The van der Waals surface area contributed by atoms with E-state index in [0.717, 1.165) is 0 Å². The van der Waals surface area contributed by atoms with Gasteiger partial charge in [-0.3, -0.25) is 4.79 Å². The van der Waals surface area contributed by atoms with Crippen LogP contribution >= 0.6 is 0 Å². The first kappa shape index (κ1) is 12.8. The number of carbonyl (C=O) groups excluding carboxylic acids is 1. The Morgan fingerprint density at radius 1 is 1.00 bits per heavy atom. The highest BCUT2D eigenvalue weighted by Gasteiger charge is 2.15. The Morgan fingerprint density at radius 3 is 2.37 bits per heavy atom. The second-order valence-corrected chi connectivity index (χ2v) is 3.92. The summed E-state index contributed by atoms with van der Waals surface area (Å²) < 4.78 is 5.13. The summed E-state index contributed by atoms with van der Waals surface area (Å²) in [7, 11) is 1.49. The number of ketones is 1. The summed E-state index contributed by atoms with van der Waals surface area (Å²) in [6, 6.07) is 12.8. The highest BCUT2D eigenvalue weighted by molar-refractivity contribution is 6.11. The summed E-state index contributed by atoms with van der Waals surface area (Å²) in [6.45, 7) is 0. The Morgan fingerprint density at radius 2 is 1.68 bits per heavy atom. The molecule has 0 aromatic heterocycles. The maximum Gasteiger partial charge on any atom is 0.335 e. The van der Waals surface area contributed by atoms with Crippen molar-refractivity contribution in [3.8, 4) is 5.75 Å². The number of carboxylic acid groups (broad SMARTS) is 1. The standard InChI is InChI=1S/C15H12O4/c1-19-13-8-3-2-7-12(13)14(16)10-5-4-6-11(9-10)15(17)18/h2-9H,1H3,(H,17,18). The molecule has 0 unspecified atom stereocenters. The van der Waals surface area contributed by atoms with Gasteiger partial charge in [0.2, 0.25) is 0 Å². The van der Waals surface area contributed by atoms with Crippen LogP contribution in [0.5, 0.6) is 5.75 Å². The predicted octanol–water partition coefficient (Wildman–Crippen LogP) is 2.62. The van der Waals surface area contributed by atoms with Crippen LogP contribution in [0.1, 0.15) is 26.3 Å². The number of hydrogen-bond donors (Lipinski definition) is 1. The van der Waals surface area contributed by atoms with E-state index in [4.69, 9.17) is 9.84 Å². The molecule has 96 valence electrons. The van der Waals surface area contributed by atoms with E-state index in [1.807, 2.05) is 0 Å². The van der Waals surface area contributed by atoms with E-state index in [1.165, 1.54) is 19.2 Å². The second kappa shape index (κ2) is 5.35. The zero-order valence-electron chi connectivity index (χ0n) is 10.3. The van der Waals surface area contributed by atoms with Gasteiger partial charge in [-0.25, -0.2) is 4.79 Å². The van der Waals surface area contributed by atoms with E-state index in [0.29, 0.717) is 16.9 Å². The van der Waals surface area contributed by atoms with Crippen molar-refractivity contribution in [2.24, 2.45) is 0 Å². The number of hydrogen-bond acceptors (Lipinski definition) is 3. The van der Waals surface area contributed by atoms with Crippen LogP contribution in [0, 0.1) is 0 Å². The lowest BCUT2D eigenvalue weighted by Gasteiger charge is -2.07. The lowest BCUT2D eigenvalue weighted by molar-refractivity contribution is 0.0697. The normalized spacial score (nSPS) is 9.95. The van der Waals surface area contributed by atoms with Gasteiger partial charge in [-0.15, -0.1) is 0 Å². The number of benzene rings is 2. The predicted molar refractivity (Wildman–Crippen MR) is 69.8 cm³/mol. The summed E-state index contributed by atoms with van der Waals surface area (Å²) in [5, 5.41) is 8.93. The van der Waals surface area contributed by atoms with Gasteiger partial charge in [-0.1, -0.05) is 24.3 Å². The number of para-hydroxylation sites is 1. The summed E-state index contributed by atoms with van der Waals surface area (Å²) in [6.07, 6.45) is 0. The number of carboxylic acids is 1. The van der Waals surface area contributed by atoms with Gasteiger partial charge in [0.25, 0.3) is 0 Å². The Balaban J connectivity index is 2.44. The van der Waals surface area contributed by atoms with Crippen molar-refractivity contribution in [2.45, 2.75) is 0 Å². The summed E-state index contributed by atoms with van der Waals surface area (Å²) >= 11 is 0. The molecule has 0 bridgehead atoms. The molecule has 0 heterocycles. The number of rotatable bonds is 4. The van der Waals surface area contributed by atoms with Crippen LogP contribution in [0.4, 0.5) is 0 Å². The van der Waals surface area contributed by atoms with Gasteiger partial charge in [0.05, 0.1) is 18.2 Å². The monoisotopic (exact) mass is 256 g/mol. The molecule has 1 N–H and O–H groups in total. The van der Waals surface area contributed by atoms with Gasteiger partial charge in [0, 0.05) is 5.56 Å². The van der Waals surface area contributed by atoms with Gasteiger partial charge in [0.15, 0.2) is 5.78 Å². The third-order valence-corrected chi connectivity index (χ3v) is 2.72. The molecule has 0 spiro atoms. The molecule has 4 heteroatoms. The fourth-order valence-corrected chi connectivity index (χ4v) is 1.78. The number of aromatic carboxylic acids is 1. The van der Waals surface area contributed by atoms with Gasteiger partial charge in [-0.05, 0) is 24.3 Å². The van der Waals surface area contributed by atoms with Crippen LogP contribution in [0.2, 0.25) is 0 Å². The van der Waals surface area contributed by atoms with E-state index in [2.05, 4.69) is 0 Å². The molecular weight excluding hydrogens is 244 g/mol. The van der Waals surface area contributed by atoms with Crippen molar-refractivity contribution in [3.63, 3.8) is 0 Å². The minimum atomic E-state index is -1.06. The van der Waals surface area contributed by atoms with Gasteiger partial charge >= 0.3 is 5.97 Å². The van der Waals surface area contributed by atoms with Crippen LogP contribution in [0.25, 0.3) is 0 Å². The molecule has 19 heavy (non-hydrogen) atoms. The van der Waals surface area contributed by atoms with Gasteiger partial charge in [-0.2, -0.15) is 0 Å². The molecule has 0 aliphatic rings. The summed E-state index contributed by atoms with van der Waals surface area (Å²) in [5.74, 6) is -0.858. The fourth-order valence-electron chi connectivity index (χ4n) is 1.78. The molecule has 0 amide bonds. The maximum absolute atomic E-state index is 12.3. The molecule has 2 rings (SSSR count). The minimum absolute atomic E-state index is 0.0840. The maximum atomic E-state index is 12.3. The lowest BCUT2D eigenvalue weighted by atomic mass is 10.0. The number of ether oxygens (including phenoxy) is 1. The topological polar surface area (TPSA) is 63.6 Å². The van der Waals surface area contributed by atoms with Crippen molar-refractivity contribution >= 4 is 11.8 Å². The fraction of sp³-hybridized carbons (Fsp3) is 0.0667. The largest absolute Gasteiger partial charge is 0.496 e. The van der Waals surface area contributed by atoms with E-state index >= 15 is 0 Å². The van der Waals surface area contributed by atoms with Gasteiger partial charge in [0.1, 0.15) is 5.75 Å². The van der Waals surface area contributed by atoms with E-state index in [1.54, 1.807) is 36.4 Å². The molecule has 0 aliphatic heterocycles. The molecule has 0 saturated heterocycles. The average Bonchev–Trinajstić information content (AvgIpc) is 2.46. The van der Waals surface area contributed by atoms with Crippen LogP contribution in [0.3, 0.4) is 0 Å². The molecule has 0 radical (unpaired) electrons. The first-order chi connectivity index (χ1) is 9.13. The number of carbonyl (C=O) groups is 2. The molecular formula is C15H12O4. The summed E-state index contributed by atoms with van der Waals surface area (Å²) in [5.41, 5.74) is 0.817. The zero-order chi connectivity index (χ0) is 13.8. The lowest BCUT2D eigenvalue weighted by Crippen LogP contribution is -2.05. The van der Waals surface area contributed by atoms with Crippen LogP contribution in [-0.4, -0.2) is 24.0 Å². The molecule has 2 aromatic rings. The zero-order valence-corrected chi connectivity index (χ0v) is 10.3. The van der Waals surface area contributed by atoms with Crippen LogP contribution in [0.15, 0.2) is 48.5 Å². The van der Waals surface area contributed by atoms with E-state index in [9.17, 15) is 9.59 Å². The summed E-state index contributed by atoms with van der Waals surface area (Å²) in [4.78, 5) is 23.2. The van der Waals surface area contributed by atoms with Crippen molar-refractivity contribution < 1.29 is 19.4 Å². The highest BCUT2D eigenvalue weighted by atomic mass is 16.5. The quantitative estimate of drug-likeness (QED) is 0.854. The molecule has 2 aromatic carbocycles. The van der Waals surface area contributed by atoms with E-state index in [-0.39, 0.29) is 11.3 Å².